The Labute approximate surface area is 118 Å². The van der Waals surface area contributed by atoms with E-state index in [1.54, 1.807) is 10.7 Å². The number of benzene rings is 1. The van der Waals surface area contributed by atoms with E-state index in [0.29, 0.717) is 18.0 Å². The predicted octanol–water partition coefficient (Wildman–Crippen LogP) is 3.17. The first kappa shape index (κ1) is 13.3. The van der Waals surface area contributed by atoms with Crippen LogP contribution in [-0.4, -0.2) is 15.8 Å². The first-order chi connectivity index (χ1) is 9.69. The predicted molar refractivity (Wildman–Crippen MR) is 77.5 cm³/mol. The van der Waals surface area contributed by atoms with Crippen molar-refractivity contribution in [3.8, 4) is 5.69 Å². The molecule has 0 bridgehead atoms. The fourth-order valence-corrected chi connectivity index (χ4v) is 2.47. The molecule has 1 atom stereocenters. The second-order valence-corrected chi connectivity index (χ2v) is 5.58. The van der Waals surface area contributed by atoms with Crippen molar-refractivity contribution < 1.29 is 4.39 Å². The average molecular weight is 273 g/mol. The molecule has 1 fully saturated rings. The van der Waals surface area contributed by atoms with Crippen LogP contribution >= 0.6 is 0 Å². The number of nitrogens with zero attached hydrogens (tertiary/aromatic N) is 2. The lowest BCUT2D eigenvalue weighted by molar-refractivity contribution is 0.595. The second kappa shape index (κ2) is 5.37. The van der Waals surface area contributed by atoms with Gasteiger partial charge in [0.15, 0.2) is 0 Å². The van der Waals surface area contributed by atoms with E-state index in [1.165, 1.54) is 18.9 Å². The van der Waals surface area contributed by atoms with Crippen molar-refractivity contribution in [2.24, 2.45) is 5.73 Å². The second-order valence-electron chi connectivity index (χ2n) is 5.58. The zero-order chi connectivity index (χ0) is 14.1. The number of halogens is 1. The van der Waals surface area contributed by atoms with Crippen molar-refractivity contribution in [1.29, 1.82) is 0 Å². The Bertz CT molecular complexity index is 602. The summed E-state index contributed by atoms with van der Waals surface area (Å²) in [6.07, 6.45) is 5.79. The SMILES string of the molecule is CCC(N)Cc1cccc(F)c1-n1ccc(C2CC2)n1. The average Bonchev–Trinajstić information content (AvgIpc) is 3.18. The third kappa shape index (κ3) is 2.61. The highest BCUT2D eigenvalue weighted by Gasteiger charge is 2.26. The molecular weight excluding hydrogens is 253 g/mol. The van der Waals surface area contributed by atoms with Gasteiger partial charge >= 0.3 is 0 Å². The van der Waals surface area contributed by atoms with Gasteiger partial charge in [0, 0.05) is 18.2 Å². The van der Waals surface area contributed by atoms with E-state index in [-0.39, 0.29) is 11.9 Å². The summed E-state index contributed by atoms with van der Waals surface area (Å²) >= 11 is 0. The summed E-state index contributed by atoms with van der Waals surface area (Å²) in [6.45, 7) is 2.04. The molecule has 2 N–H and O–H groups in total. The molecule has 2 aromatic rings. The van der Waals surface area contributed by atoms with Crippen LogP contribution in [0, 0.1) is 5.82 Å². The van der Waals surface area contributed by atoms with Crippen LogP contribution in [0.5, 0.6) is 0 Å². The molecule has 0 aliphatic heterocycles. The largest absolute Gasteiger partial charge is 0.327 e. The van der Waals surface area contributed by atoms with Gasteiger partial charge in [0.1, 0.15) is 11.5 Å². The number of hydrogen-bond acceptors (Lipinski definition) is 2. The van der Waals surface area contributed by atoms with Crippen LogP contribution < -0.4 is 5.73 Å². The minimum atomic E-state index is -0.240. The summed E-state index contributed by atoms with van der Waals surface area (Å²) in [4.78, 5) is 0. The molecule has 20 heavy (non-hydrogen) atoms. The highest BCUT2D eigenvalue weighted by molar-refractivity contribution is 5.42. The maximum Gasteiger partial charge on any atom is 0.149 e. The van der Waals surface area contributed by atoms with Gasteiger partial charge in [-0.25, -0.2) is 9.07 Å². The van der Waals surface area contributed by atoms with E-state index < -0.39 is 0 Å². The molecule has 3 nitrogen and oxygen atoms in total. The lowest BCUT2D eigenvalue weighted by Gasteiger charge is -2.14. The molecule has 1 saturated carbocycles. The van der Waals surface area contributed by atoms with Crippen LogP contribution in [0.15, 0.2) is 30.5 Å². The third-order valence-electron chi connectivity index (χ3n) is 3.91. The molecule has 0 radical (unpaired) electrons. The first-order valence-electron chi connectivity index (χ1n) is 7.28. The molecule has 0 spiro atoms. The van der Waals surface area contributed by atoms with Gasteiger partial charge < -0.3 is 5.73 Å². The molecule has 1 heterocycles. The lowest BCUT2D eigenvalue weighted by Crippen LogP contribution is -2.22. The van der Waals surface area contributed by atoms with Gasteiger partial charge in [-0.2, -0.15) is 5.10 Å². The molecule has 4 heteroatoms. The summed E-state index contributed by atoms with van der Waals surface area (Å²) in [5, 5.41) is 4.53. The number of nitrogens with two attached hydrogens (primary N) is 1. The van der Waals surface area contributed by atoms with Crippen molar-refractivity contribution in [2.45, 2.75) is 44.6 Å². The molecule has 1 aliphatic carbocycles. The van der Waals surface area contributed by atoms with Gasteiger partial charge in [0.25, 0.3) is 0 Å². The van der Waals surface area contributed by atoms with Crippen LogP contribution in [0.25, 0.3) is 5.69 Å². The first-order valence-corrected chi connectivity index (χ1v) is 7.28. The van der Waals surface area contributed by atoms with E-state index in [1.807, 2.05) is 25.3 Å². The number of para-hydroxylation sites is 1. The Morgan fingerprint density at radius 1 is 1.40 bits per heavy atom. The minimum Gasteiger partial charge on any atom is -0.327 e. The highest BCUT2D eigenvalue weighted by Crippen LogP contribution is 2.39. The van der Waals surface area contributed by atoms with Crippen molar-refractivity contribution in [2.75, 3.05) is 0 Å². The monoisotopic (exact) mass is 273 g/mol. The van der Waals surface area contributed by atoms with E-state index in [0.717, 1.165) is 17.7 Å². The van der Waals surface area contributed by atoms with Gasteiger partial charge in [0.2, 0.25) is 0 Å². The summed E-state index contributed by atoms with van der Waals surface area (Å²) in [5.41, 5.74) is 8.55. The zero-order valence-corrected chi connectivity index (χ0v) is 11.7. The number of rotatable bonds is 5. The fourth-order valence-electron chi connectivity index (χ4n) is 2.47. The molecular formula is C16H20FN3. The van der Waals surface area contributed by atoms with Crippen LogP contribution in [-0.2, 0) is 6.42 Å². The fraction of sp³-hybridized carbons (Fsp3) is 0.438. The summed E-state index contributed by atoms with van der Waals surface area (Å²) in [7, 11) is 0. The topological polar surface area (TPSA) is 43.8 Å². The summed E-state index contributed by atoms with van der Waals surface area (Å²) in [5.74, 6) is 0.334. The van der Waals surface area contributed by atoms with Crippen molar-refractivity contribution >= 4 is 0 Å². The quantitative estimate of drug-likeness (QED) is 0.909. The van der Waals surface area contributed by atoms with E-state index >= 15 is 0 Å². The van der Waals surface area contributed by atoms with Gasteiger partial charge in [0.05, 0.1) is 5.69 Å². The Kier molecular flexibility index (Phi) is 3.57. The van der Waals surface area contributed by atoms with Crippen molar-refractivity contribution in [3.05, 3.63) is 47.5 Å². The number of hydrogen-bond donors (Lipinski definition) is 1. The smallest absolute Gasteiger partial charge is 0.149 e. The van der Waals surface area contributed by atoms with Crippen molar-refractivity contribution in [1.82, 2.24) is 9.78 Å². The van der Waals surface area contributed by atoms with Gasteiger partial charge in [-0.05, 0) is 43.4 Å². The maximum atomic E-state index is 14.2. The molecule has 1 aromatic carbocycles. The number of aromatic nitrogens is 2. The van der Waals surface area contributed by atoms with Crippen molar-refractivity contribution in [3.63, 3.8) is 0 Å². The highest BCUT2D eigenvalue weighted by atomic mass is 19.1. The Morgan fingerprint density at radius 3 is 2.90 bits per heavy atom. The summed E-state index contributed by atoms with van der Waals surface area (Å²) in [6, 6.07) is 7.20. The van der Waals surface area contributed by atoms with Gasteiger partial charge in [-0.15, -0.1) is 0 Å². The minimum absolute atomic E-state index is 0.0500. The molecule has 106 valence electrons. The maximum absolute atomic E-state index is 14.2. The Hall–Kier alpha value is -1.68. The standard InChI is InChI=1S/C16H20FN3/c1-2-13(18)10-12-4-3-5-14(17)16(12)20-9-8-15(19-20)11-6-7-11/h3-5,8-9,11,13H,2,6-7,10,18H2,1H3. The molecule has 0 amide bonds. The van der Waals surface area contributed by atoms with E-state index in [9.17, 15) is 4.39 Å². The molecule has 1 aromatic heterocycles. The molecule has 1 aliphatic rings. The normalized spacial score (nSPS) is 16.4. The van der Waals surface area contributed by atoms with Crippen LogP contribution in [0.3, 0.4) is 0 Å². The Balaban J connectivity index is 1.97. The summed E-state index contributed by atoms with van der Waals surface area (Å²) < 4.78 is 15.9. The van der Waals surface area contributed by atoms with Crippen LogP contribution in [0.4, 0.5) is 4.39 Å². The molecule has 1 unspecified atom stereocenters. The lowest BCUT2D eigenvalue weighted by atomic mass is 10.0. The van der Waals surface area contributed by atoms with E-state index in [2.05, 4.69) is 5.10 Å². The van der Waals surface area contributed by atoms with Crippen LogP contribution in [0.1, 0.15) is 43.4 Å². The third-order valence-corrected chi connectivity index (χ3v) is 3.91. The molecule has 3 rings (SSSR count). The van der Waals surface area contributed by atoms with Gasteiger partial charge in [-0.1, -0.05) is 19.1 Å². The van der Waals surface area contributed by atoms with E-state index in [4.69, 9.17) is 5.73 Å². The Morgan fingerprint density at radius 2 is 2.20 bits per heavy atom. The van der Waals surface area contributed by atoms with Gasteiger partial charge in [-0.3, -0.25) is 0 Å². The zero-order valence-electron chi connectivity index (χ0n) is 11.7. The van der Waals surface area contributed by atoms with Crippen LogP contribution in [0.2, 0.25) is 0 Å². The molecule has 0 saturated heterocycles.